The Hall–Kier alpha value is -1.77. The van der Waals surface area contributed by atoms with E-state index in [1.54, 1.807) is 0 Å². The number of hydrogen-bond acceptors (Lipinski definition) is 2. The summed E-state index contributed by atoms with van der Waals surface area (Å²) in [5, 5.41) is 0. The Morgan fingerprint density at radius 1 is 1.19 bits per heavy atom. The maximum absolute atomic E-state index is 5.74. The topological polar surface area (TPSA) is 24.8 Å². The molecule has 0 atom stereocenters. The second-order valence-electron chi connectivity index (χ2n) is 5.17. The Morgan fingerprint density at radius 2 is 1.86 bits per heavy atom. The molecular formula is C18H30N2O. The lowest BCUT2D eigenvalue weighted by molar-refractivity contribution is 0.252. The number of hydrogen-bond donors (Lipinski definition) is 0. The summed E-state index contributed by atoms with van der Waals surface area (Å²) in [5.74, 6) is 0.887. The van der Waals surface area contributed by atoms with Crippen LogP contribution in [0.4, 0.5) is 0 Å². The van der Waals surface area contributed by atoms with E-state index < -0.39 is 0 Å². The van der Waals surface area contributed by atoms with E-state index in [-0.39, 0.29) is 0 Å². The molecule has 0 aromatic carbocycles. The van der Waals surface area contributed by atoms with Gasteiger partial charge in [-0.2, -0.15) is 0 Å². The van der Waals surface area contributed by atoms with Crippen molar-refractivity contribution in [2.45, 2.75) is 41.5 Å². The van der Waals surface area contributed by atoms with E-state index in [9.17, 15) is 0 Å². The number of aliphatic imine (C=N–C) groups is 1. The highest BCUT2D eigenvalue weighted by atomic mass is 16.5. The zero-order chi connectivity index (χ0) is 16.3. The fourth-order valence-electron chi connectivity index (χ4n) is 1.42. The van der Waals surface area contributed by atoms with E-state index >= 15 is 0 Å². The summed E-state index contributed by atoms with van der Waals surface area (Å²) in [6.07, 6.45) is 9.84. The molecule has 0 rings (SSSR count). The molecule has 0 aliphatic carbocycles. The van der Waals surface area contributed by atoms with Crippen LogP contribution in [-0.2, 0) is 4.74 Å². The molecule has 0 aromatic rings. The van der Waals surface area contributed by atoms with Gasteiger partial charge in [-0.3, -0.25) is 0 Å². The second kappa shape index (κ2) is 11.0. The first-order chi connectivity index (χ1) is 9.94. The van der Waals surface area contributed by atoms with Gasteiger partial charge in [-0.15, -0.1) is 0 Å². The minimum atomic E-state index is 0.569. The third-order valence-electron chi connectivity index (χ3n) is 2.87. The van der Waals surface area contributed by atoms with Crippen molar-refractivity contribution in [3.05, 3.63) is 46.9 Å². The molecule has 0 bridgehead atoms. The van der Waals surface area contributed by atoms with Crippen LogP contribution in [0, 0.1) is 0 Å². The Balaban J connectivity index is 4.84. The summed E-state index contributed by atoms with van der Waals surface area (Å²) in [5.41, 5.74) is 3.32. The summed E-state index contributed by atoms with van der Waals surface area (Å²) in [4.78, 5) is 6.59. The van der Waals surface area contributed by atoms with Crippen LogP contribution in [0.1, 0.15) is 41.5 Å². The van der Waals surface area contributed by atoms with Gasteiger partial charge in [0.1, 0.15) is 12.4 Å². The minimum Gasteiger partial charge on any atom is -0.490 e. The maximum atomic E-state index is 5.74. The molecular weight excluding hydrogens is 260 g/mol. The molecule has 3 nitrogen and oxygen atoms in total. The molecule has 0 aliphatic heterocycles. The van der Waals surface area contributed by atoms with Gasteiger partial charge < -0.3 is 9.64 Å². The van der Waals surface area contributed by atoms with Crippen molar-refractivity contribution in [3.63, 3.8) is 0 Å². The van der Waals surface area contributed by atoms with E-state index in [4.69, 9.17) is 4.74 Å². The van der Waals surface area contributed by atoms with E-state index in [1.807, 2.05) is 50.4 Å². The van der Waals surface area contributed by atoms with Crippen LogP contribution in [0.5, 0.6) is 0 Å². The molecule has 0 fully saturated rings. The van der Waals surface area contributed by atoms with Gasteiger partial charge in [-0.25, -0.2) is 4.99 Å². The predicted molar refractivity (Wildman–Crippen MR) is 93.5 cm³/mol. The summed E-state index contributed by atoms with van der Waals surface area (Å²) >= 11 is 0. The lowest BCUT2D eigenvalue weighted by Crippen LogP contribution is -2.14. The van der Waals surface area contributed by atoms with Gasteiger partial charge in [0, 0.05) is 13.6 Å². The summed E-state index contributed by atoms with van der Waals surface area (Å²) < 4.78 is 5.74. The van der Waals surface area contributed by atoms with Gasteiger partial charge in [-0.1, -0.05) is 11.6 Å². The molecule has 118 valence electrons. The SMILES string of the molecule is C/C=C\C(=C/C)OC/C(C)=C\C(N=CN(C)CC)=C(C)C. The average molecular weight is 290 g/mol. The molecule has 0 spiro atoms. The van der Waals surface area contributed by atoms with Crippen LogP contribution < -0.4 is 0 Å². The molecule has 0 heterocycles. The number of allylic oxidation sites excluding steroid dienone is 5. The fourth-order valence-corrected chi connectivity index (χ4v) is 1.42. The predicted octanol–water partition coefficient (Wildman–Crippen LogP) is 4.70. The van der Waals surface area contributed by atoms with Gasteiger partial charge >= 0.3 is 0 Å². The quantitative estimate of drug-likeness (QED) is 0.280. The smallest absolute Gasteiger partial charge is 0.115 e. The third kappa shape index (κ3) is 8.90. The molecule has 0 aliphatic rings. The van der Waals surface area contributed by atoms with Gasteiger partial charge in [0.25, 0.3) is 0 Å². The van der Waals surface area contributed by atoms with Gasteiger partial charge in [0.2, 0.25) is 0 Å². The van der Waals surface area contributed by atoms with Crippen LogP contribution >= 0.6 is 0 Å². The van der Waals surface area contributed by atoms with Crippen molar-refractivity contribution in [3.8, 4) is 0 Å². The number of nitrogens with zero attached hydrogens (tertiary/aromatic N) is 2. The summed E-state index contributed by atoms with van der Waals surface area (Å²) in [6, 6.07) is 0. The zero-order valence-corrected chi connectivity index (χ0v) is 14.6. The van der Waals surface area contributed by atoms with Crippen LogP contribution in [0.3, 0.4) is 0 Å². The number of ether oxygens (including phenoxy) is 1. The molecule has 3 heteroatoms. The van der Waals surface area contributed by atoms with Gasteiger partial charge in [-0.05, 0) is 65.3 Å². The molecule has 21 heavy (non-hydrogen) atoms. The first-order valence-electron chi connectivity index (χ1n) is 7.45. The first kappa shape index (κ1) is 19.2. The average Bonchev–Trinajstić information content (AvgIpc) is 2.46. The molecule has 0 unspecified atom stereocenters. The second-order valence-corrected chi connectivity index (χ2v) is 5.17. The summed E-state index contributed by atoms with van der Waals surface area (Å²) in [7, 11) is 2.02. The molecule has 0 saturated carbocycles. The van der Waals surface area contributed by atoms with Crippen molar-refractivity contribution in [2.75, 3.05) is 20.2 Å². The minimum absolute atomic E-state index is 0.569. The largest absolute Gasteiger partial charge is 0.490 e. The normalized spacial score (nSPS) is 13.1. The highest BCUT2D eigenvalue weighted by molar-refractivity contribution is 5.57. The third-order valence-corrected chi connectivity index (χ3v) is 2.87. The standard InChI is InChI=1S/C18H30N2O/c1-8-11-17(9-2)21-13-16(6)12-18(15(4)5)19-14-20(7)10-3/h8-9,11-12,14H,10,13H2,1-7H3/b11-8-,16-12-,17-9+,19-14?. The molecule has 0 saturated heterocycles. The van der Waals surface area contributed by atoms with Crippen molar-refractivity contribution >= 4 is 6.34 Å². The van der Waals surface area contributed by atoms with Crippen LogP contribution in [0.2, 0.25) is 0 Å². The lowest BCUT2D eigenvalue weighted by atomic mass is 10.2. The van der Waals surface area contributed by atoms with E-state index in [0.717, 1.165) is 23.6 Å². The van der Waals surface area contributed by atoms with Crippen molar-refractivity contribution in [2.24, 2.45) is 4.99 Å². The van der Waals surface area contributed by atoms with Gasteiger partial charge in [0.05, 0.1) is 12.0 Å². The van der Waals surface area contributed by atoms with E-state index in [2.05, 4.69) is 38.8 Å². The Kier molecular flexibility index (Phi) is 10.0. The van der Waals surface area contributed by atoms with E-state index in [0.29, 0.717) is 6.61 Å². The fraction of sp³-hybridized carbons (Fsp3) is 0.500. The van der Waals surface area contributed by atoms with Crippen LogP contribution in [-0.4, -0.2) is 31.4 Å². The lowest BCUT2D eigenvalue weighted by Gasteiger charge is -2.10. The molecule has 0 amide bonds. The molecule has 0 radical (unpaired) electrons. The highest BCUT2D eigenvalue weighted by Gasteiger charge is 1.98. The van der Waals surface area contributed by atoms with Crippen LogP contribution in [0.25, 0.3) is 0 Å². The Morgan fingerprint density at radius 3 is 2.33 bits per heavy atom. The summed E-state index contributed by atoms with van der Waals surface area (Å²) in [6.45, 7) is 13.8. The monoisotopic (exact) mass is 290 g/mol. The zero-order valence-electron chi connectivity index (χ0n) is 14.6. The Labute approximate surface area is 130 Å². The van der Waals surface area contributed by atoms with E-state index in [1.165, 1.54) is 5.57 Å². The molecule has 0 N–H and O–H groups in total. The first-order valence-corrected chi connectivity index (χ1v) is 7.45. The number of rotatable bonds is 8. The maximum Gasteiger partial charge on any atom is 0.115 e. The molecule has 0 aromatic heterocycles. The van der Waals surface area contributed by atoms with Crippen molar-refractivity contribution < 1.29 is 4.74 Å². The highest BCUT2D eigenvalue weighted by Crippen LogP contribution is 2.11. The van der Waals surface area contributed by atoms with Gasteiger partial charge in [0.15, 0.2) is 0 Å². The Bertz CT molecular complexity index is 450. The van der Waals surface area contributed by atoms with Crippen LogP contribution in [0.15, 0.2) is 51.9 Å². The van der Waals surface area contributed by atoms with Crippen molar-refractivity contribution in [1.82, 2.24) is 4.90 Å². The van der Waals surface area contributed by atoms with Crippen molar-refractivity contribution in [1.29, 1.82) is 0 Å².